The van der Waals surface area contributed by atoms with Crippen LogP contribution in [-0.2, 0) is 24.7 Å². The Bertz CT molecular complexity index is 651. The van der Waals surface area contributed by atoms with Crippen LogP contribution in [0.15, 0.2) is 36.7 Å². The molecule has 1 aromatic carbocycles. The third-order valence-corrected chi connectivity index (χ3v) is 4.10. The third-order valence-electron chi connectivity index (χ3n) is 4.10. The van der Waals surface area contributed by atoms with Crippen molar-refractivity contribution < 1.29 is 9.53 Å². The first-order chi connectivity index (χ1) is 10.7. The summed E-state index contributed by atoms with van der Waals surface area (Å²) in [5.74, 6) is 1.97. The molecule has 22 heavy (non-hydrogen) atoms. The summed E-state index contributed by atoms with van der Waals surface area (Å²) in [5.41, 5.74) is 1.12. The van der Waals surface area contributed by atoms with Crippen LogP contribution in [0.2, 0.25) is 0 Å². The molecule has 0 spiro atoms. The van der Waals surface area contributed by atoms with Crippen molar-refractivity contribution in [3.05, 3.63) is 48.0 Å². The van der Waals surface area contributed by atoms with Gasteiger partial charge in [0, 0.05) is 38.3 Å². The number of nitrogens with one attached hydrogen (secondary N) is 1. The summed E-state index contributed by atoms with van der Waals surface area (Å²) in [7, 11) is 1.96. The van der Waals surface area contributed by atoms with E-state index in [1.807, 2.05) is 42.1 Å². The molecule has 1 aliphatic heterocycles. The number of carbonyl (C=O) groups is 1. The monoisotopic (exact) mass is 299 g/mol. The Morgan fingerprint density at radius 1 is 1.45 bits per heavy atom. The SMILES string of the molecule is Cn1ccnc1CCNC(=O)[C@H]1CCOc2ccccc2C1. The molecule has 0 radical (unpaired) electrons. The van der Waals surface area contributed by atoms with Gasteiger partial charge in [0.1, 0.15) is 11.6 Å². The number of aryl methyl sites for hydroxylation is 1. The van der Waals surface area contributed by atoms with E-state index in [1.165, 1.54) is 0 Å². The highest BCUT2D eigenvalue weighted by Crippen LogP contribution is 2.26. The van der Waals surface area contributed by atoms with E-state index in [4.69, 9.17) is 4.74 Å². The minimum atomic E-state index is -0.0231. The van der Waals surface area contributed by atoms with E-state index in [2.05, 4.69) is 10.3 Å². The molecule has 3 rings (SSSR count). The molecule has 1 N–H and O–H groups in total. The molecule has 0 aliphatic carbocycles. The number of hydrogen-bond donors (Lipinski definition) is 1. The number of para-hydroxylation sites is 1. The number of nitrogens with zero attached hydrogens (tertiary/aromatic N) is 2. The van der Waals surface area contributed by atoms with Gasteiger partial charge in [-0.2, -0.15) is 0 Å². The standard InChI is InChI=1S/C17H21N3O2/c1-20-10-9-18-16(20)6-8-19-17(21)14-7-11-22-15-5-3-2-4-13(15)12-14/h2-5,9-10,14H,6-8,11-12H2,1H3,(H,19,21)/t14-/m0/s1. The van der Waals surface area contributed by atoms with Crippen LogP contribution in [0.3, 0.4) is 0 Å². The van der Waals surface area contributed by atoms with Gasteiger partial charge in [-0.1, -0.05) is 18.2 Å². The number of fused-ring (bicyclic) bond motifs is 1. The van der Waals surface area contributed by atoms with Gasteiger partial charge < -0.3 is 14.6 Å². The van der Waals surface area contributed by atoms with Gasteiger partial charge in [-0.3, -0.25) is 4.79 Å². The van der Waals surface area contributed by atoms with Crippen molar-refractivity contribution in [2.24, 2.45) is 13.0 Å². The first kappa shape index (κ1) is 14.6. The van der Waals surface area contributed by atoms with E-state index >= 15 is 0 Å². The number of amides is 1. The minimum Gasteiger partial charge on any atom is -0.493 e. The van der Waals surface area contributed by atoms with Gasteiger partial charge in [-0.05, 0) is 24.5 Å². The molecule has 0 saturated carbocycles. The van der Waals surface area contributed by atoms with E-state index in [9.17, 15) is 4.79 Å². The first-order valence-corrected chi connectivity index (χ1v) is 7.68. The zero-order valence-electron chi connectivity index (χ0n) is 12.8. The van der Waals surface area contributed by atoms with Crippen LogP contribution in [0.4, 0.5) is 0 Å². The molecule has 0 saturated heterocycles. The molecule has 2 heterocycles. The summed E-state index contributed by atoms with van der Waals surface area (Å²) in [6, 6.07) is 7.96. The van der Waals surface area contributed by atoms with Gasteiger partial charge in [0.2, 0.25) is 5.91 Å². The van der Waals surface area contributed by atoms with Gasteiger partial charge >= 0.3 is 0 Å². The van der Waals surface area contributed by atoms with Crippen LogP contribution >= 0.6 is 0 Å². The second-order valence-electron chi connectivity index (χ2n) is 5.64. The Morgan fingerprint density at radius 3 is 3.14 bits per heavy atom. The molecule has 0 bridgehead atoms. The average molecular weight is 299 g/mol. The summed E-state index contributed by atoms with van der Waals surface area (Å²) in [6.45, 7) is 1.21. The van der Waals surface area contributed by atoms with Crippen molar-refractivity contribution in [1.82, 2.24) is 14.9 Å². The number of imidazole rings is 1. The Hall–Kier alpha value is -2.30. The maximum Gasteiger partial charge on any atom is 0.223 e. The molecule has 2 aromatic rings. The second-order valence-corrected chi connectivity index (χ2v) is 5.64. The molecule has 1 aliphatic rings. The lowest BCUT2D eigenvalue weighted by atomic mass is 9.96. The molecule has 1 amide bonds. The number of carbonyl (C=O) groups excluding carboxylic acids is 1. The highest BCUT2D eigenvalue weighted by atomic mass is 16.5. The second kappa shape index (κ2) is 6.64. The van der Waals surface area contributed by atoms with Crippen molar-refractivity contribution in [3.8, 4) is 5.75 Å². The predicted octanol–water partition coefficient (Wildman–Crippen LogP) is 1.72. The lowest BCUT2D eigenvalue weighted by molar-refractivity contribution is -0.125. The Kier molecular flexibility index (Phi) is 4.42. The van der Waals surface area contributed by atoms with Crippen molar-refractivity contribution in [1.29, 1.82) is 0 Å². The van der Waals surface area contributed by atoms with Crippen LogP contribution in [-0.4, -0.2) is 28.6 Å². The van der Waals surface area contributed by atoms with Crippen LogP contribution < -0.4 is 10.1 Å². The molecule has 5 nitrogen and oxygen atoms in total. The summed E-state index contributed by atoms with van der Waals surface area (Å²) in [6.07, 6.45) is 5.93. The van der Waals surface area contributed by atoms with Crippen molar-refractivity contribution in [3.63, 3.8) is 0 Å². The number of rotatable bonds is 4. The molecule has 5 heteroatoms. The van der Waals surface area contributed by atoms with Gasteiger partial charge in [0.25, 0.3) is 0 Å². The highest BCUT2D eigenvalue weighted by Gasteiger charge is 2.23. The Labute approximate surface area is 130 Å². The van der Waals surface area contributed by atoms with Gasteiger partial charge in [0.05, 0.1) is 6.61 Å². The molecule has 1 atom stereocenters. The first-order valence-electron chi connectivity index (χ1n) is 7.68. The fraction of sp³-hybridized carbons (Fsp3) is 0.412. The molecular weight excluding hydrogens is 278 g/mol. The lowest BCUT2D eigenvalue weighted by Gasteiger charge is -2.13. The molecule has 0 fully saturated rings. The van der Waals surface area contributed by atoms with Crippen LogP contribution in [0.5, 0.6) is 5.75 Å². The van der Waals surface area contributed by atoms with E-state index in [-0.39, 0.29) is 11.8 Å². The van der Waals surface area contributed by atoms with Crippen molar-refractivity contribution >= 4 is 5.91 Å². The van der Waals surface area contributed by atoms with Crippen LogP contribution in [0.25, 0.3) is 0 Å². The molecule has 1 aromatic heterocycles. The summed E-state index contributed by atoms with van der Waals surface area (Å²) in [5, 5.41) is 3.03. The zero-order valence-corrected chi connectivity index (χ0v) is 12.8. The van der Waals surface area contributed by atoms with Gasteiger partial charge in [0.15, 0.2) is 0 Å². The van der Waals surface area contributed by atoms with Crippen LogP contribution in [0, 0.1) is 5.92 Å². The molecule has 116 valence electrons. The van der Waals surface area contributed by atoms with Crippen molar-refractivity contribution in [2.45, 2.75) is 19.3 Å². The van der Waals surface area contributed by atoms with E-state index < -0.39 is 0 Å². The normalized spacial score (nSPS) is 17.2. The third kappa shape index (κ3) is 3.30. The van der Waals surface area contributed by atoms with Crippen molar-refractivity contribution in [2.75, 3.05) is 13.2 Å². The fourth-order valence-electron chi connectivity index (χ4n) is 2.79. The highest BCUT2D eigenvalue weighted by molar-refractivity contribution is 5.79. The van der Waals surface area contributed by atoms with Gasteiger partial charge in [-0.25, -0.2) is 4.98 Å². The number of benzene rings is 1. The van der Waals surface area contributed by atoms with E-state index in [0.717, 1.165) is 36.4 Å². The molecule has 0 unspecified atom stereocenters. The summed E-state index contributed by atoms with van der Waals surface area (Å²) < 4.78 is 7.69. The summed E-state index contributed by atoms with van der Waals surface area (Å²) in [4.78, 5) is 16.6. The average Bonchev–Trinajstić information content (AvgIpc) is 2.81. The summed E-state index contributed by atoms with van der Waals surface area (Å²) >= 11 is 0. The zero-order chi connectivity index (χ0) is 15.4. The number of hydrogen-bond acceptors (Lipinski definition) is 3. The minimum absolute atomic E-state index is 0.0231. The van der Waals surface area contributed by atoms with E-state index in [1.54, 1.807) is 6.20 Å². The molecular formula is C17H21N3O2. The maximum atomic E-state index is 12.4. The largest absolute Gasteiger partial charge is 0.493 e. The fourth-order valence-corrected chi connectivity index (χ4v) is 2.79. The van der Waals surface area contributed by atoms with Crippen LogP contribution in [0.1, 0.15) is 17.8 Å². The smallest absolute Gasteiger partial charge is 0.223 e. The number of ether oxygens (including phenoxy) is 1. The number of aromatic nitrogens is 2. The Balaban J connectivity index is 1.55. The lowest BCUT2D eigenvalue weighted by Crippen LogP contribution is -2.33. The Morgan fingerprint density at radius 2 is 2.32 bits per heavy atom. The van der Waals surface area contributed by atoms with Gasteiger partial charge in [-0.15, -0.1) is 0 Å². The topological polar surface area (TPSA) is 56.2 Å². The quantitative estimate of drug-likeness (QED) is 0.935. The van der Waals surface area contributed by atoms with E-state index in [0.29, 0.717) is 13.2 Å². The maximum absolute atomic E-state index is 12.4. The predicted molar refractivity (Wildman–Crippen MR) is 83.7 cm³/mol.